The number of anilines is 1. The normalized spacial score (nSPS) is 11.3. The van der Waals surface area contributed by atoms with E-state index in [0.29, 0.717) is 29.4 Å². The van der Waals surface area contributed by atoms with Crippen molar-refractivity contribution in [2.75, 3.05) is 46.3 Å². The fourth-order valence-electron chi connectivity index (χ4n) is 3.72. The van der Waals surface area contributed by atoms with Gasteiger partial charge in [0.2, 0.25) is 5.91 Å². The van der Waals surface area contributed by atoms with Crippen LogP contribution < -0.4 is 14.4 Å². The first-order valence-corrected chi connectivity index (χ1v) is 11.3. The molecule has 1 heterocycles. The molecule has 0 bridgehead atoms. The van der Waals surface area contributed by atoms with E-state index < -0.39 is 0 Å². The number of nitrogens with zero attached hydrogens (tertiary/aromatic N) is 3. The van der Waals surface area contributed by atoms with E-state index in [4.69, 9.17) is 14.5 Å². The highest BCUT2D eigenvalue weighted by Crippen LogP contribution is 2.40. The Hall–Kier alpha value is -3.16. The average molecular weight is 450 g/mol. The Morgan fingerprint density at radius 2 is 1.66 bits per heavy atom. The van der Waals surface area contributed by atoms with Crippen LogP contribution >= 0.6 is 11.3 Å². The second kappa shape index (κ2) is 9.54. The molecule has 3 aromatic carbocycles. The van der Waals surface area contributed by atoms with Crippen LogP contribution in [-0.4, -0.2) is 57.2 Å². The summed E-state index contributed by atoms with van der Waals surface area (Å²) in [6.45, 7) is 1.27. The fourth-order valence-corrected chi connectivity index (χ4v) is 4.84. The molecular weight excluding hydrogens is 422 g/mol. The monoisotopic (exact) mass is 449 g/mol. The van der Waals surface area contributed by atoms with E-state index in [-0.39, 0.29) is 5.91 Å². The largest absolute Gasteiger partial charge is 0.495 e. The van der Waals surface area contributed by atoms with Crippen LogP contribution in [0.1, 0.15) is 5.56 Å². The zero-order chi connectivity index (χ0) is 22.7. The van der Waals surface area contributed by atoms with Crippen molar-refractivity contribution in [3.05, 3.63) is 60.2 Å². The lowest BCUT2D eigenvalue weighted by Gasteiger charge is -2.22. The first-order valence-electron chi connectivity index (χ1n) is 10.4. The fraction of sp³-hybridized carbons (Fsp3) is 0.280. The Kier molecular flexibility index (Phi) is 6.58. The van der Waals surface area contributed by atoms with Crippen LogP contribution in [0.15, 0.2) is 54.6 Å². The van der Waals surface area contributed by atoms with Crippen LogP contribution in [0, 0.1) is 0 Å². The number of carbonyl (C=O) groups excluding carboxylic acids is 1. The minimum Gasteiger partial charge on any atom is -0.495 e. The number of fused-ring (bicyclic) bond motifs is 2. The van der Waals surface area contributed by atoms with Gasteiger partial charge in [-0.25, -0.2) is 4.98 Å². The SMILES string of the molecule is COc1ccc(OC)c2sc(N(CCN(C)C)C(=O)Cc3cccc4ccccc34)nc12. The van der Waals surface area contributed by atoms with Crippen molar-refractivity contribution >= 4 is 43.4 Å². The van der Waals surface area contributed by atoms with Crippen molar-refractivity contribution in [1.82, 2.24) is 9.88 Å². The molecule has 0 N–H and O–H groups in total. The van der Waals surface area contributed by atoms with Crippen molar-refractivity contribution in [2.24, 2.45) is 0 Å². The van der Waals surface area contributed by atoms with E-state index >= 15 is 0 Å². The van der Waals surface area contributed by atoms with Crippen molar-refractivity contribution in [1.29, 1.82) is 0 Å². The number of thiazole rings is 1. The van der Waals surface area contributed by atoms with Gasteiger partial charge in [0.05, 0.1) is 20.6 Å². The Balaban J connectivity index is 1.73. The molecule has 4 rings (SSSR count). The average Bonchev–Trinajstić information content (AvgIpc) is 3.23. The maximum absolute atomic E-state index is 13.6. The number of benzene rings is 3. The van der Waals surface area contributed by atoms with Crippen molar-refractivity contribution < 1.29 is 14.3 Å². The summed E-state index contributed by atoms with van der Waals surface area (Å²) in [5, 5.41) is 2.88. The van der Waals surface area contributed by atoms with E-state index in [1.54, 1.807) is 19.1 Å². The Bertz CT molecular complexity index is 1210. The van der Waals surface area contributed by atoms with Crippen molar-refractivity contribution in [3.63, 3.8) is 0 Å². The summed E-state index contributed by atoms with van der Waals surface area (Å²) in [4.78, 5) is 22.2. The van der Waals surface area contributed by atoms with Gasteiger partial charge >= 0.3 is 0 Å². The van der Waals surface area contributed by atoms with Crippen molar-refractivity contribution in [3.8, 4) is 11.5 Å². The van der Waals surface area contributed by atoms with E-state index in [2.05, 4.69) is 23.1 Å². The third kappa shape index (κ3) is 4.40. The van der Waals surface area contributed by atoms with Crippen LogP contribution in [0.25, 0.3) is 21.0 Å². The number of likely N-dealkylation sites (N-methyl/N-ethyl adjacent to an activating group) is 1. The molecule has 1 amide bonds. The van der Waals surface area contributed by atoms with Crippen LogP contribution in [-0.2, 0) is 11.2 Å². The van der Waals surface area contributed by atoms with Gasteiger partial charge in [0.25, 0.3) is 0 Å². The second-order valence-corrected chi connectivity index (χ2v) is 8.79. The maximum atomic E-state index is 13.6. The minimum atomic E-state index is 0.0141. The van der Waals surface area contributed by atoms with Gasteiger partial charge in [0, 0.05) is 13.1 Å². The smallest absolute Gasteiger partial charge is 0.233 e. The third-order valence-corrected chi connectivity index (χ3v) is 6.52. The standard InChI is InChI=1S/C25H27N3O3S/c1-27(2)14-15-28(22(29)16-18-10-7-9-17-8-5-6-11-19(17)18)25-26-23-20(30-3)12-13-21(31-4)24(23)32-25/h5-13H,14-16H2,1-4H3. The van der Waals surface area contributed by atoms with Crippen LogP contribution in [0.4, 0.5) is 5.13 Å². The van der Waals surface area contributed by atoms with Crippen LogP contribution in [0.5, 0.6) is 11.5 Å². The predicted molar refractivity (Wildman–Crippen MR) is 131 cm³/mol. The first kappa shape index (κ1) is 22.0. The minimum absolute atomic E-state index is 0.0141. The third-order valence-electron chi connectivity index (χ3n) is 5.42. The first-order chi connectivity index (χ1) is 15.5. The van der Waals surface area contributed by atoms with Crippen LogP contribution in [0.3, 0.4) is 0 Å². The molecule has 7 heteroatoms. The molecule has 0 aliphatic heterocycles. The number of hydrogen-bond acceptors (Lipinski definition) is 6. The molecule has 0 unspecified atom stereocenters. The molecule has 0 saturated carbocycles. The van der Waals surface area contributed by atoms with Gasteiger partial charge in [-0.15, -0.1) is 0 Å². The van der Waals surface area contributed by atoms with E-state index in [1.807, 2.05) is 50.5 Å². The second-order valence-electron chi connectivity index (χ2n) is 7.81. The van der Waals surface area contributed by atoms with Crippen LogP contribution in [0.2, 0.25) is 0 Å². The lowest BCUT2D eigenvalue weighted by atomic mass is 10.0. The molecule has 0 spiro atoms. The summed E-state index contributed by atoms with van der Waals surface area (Å²) in [7, 11) is 7.25. The summed E-state index contributed by atoms with van der Waals surface area (Å²) in [6, 6.07) is 18.0. The summed E-state index contributed by atoms with van der Waals surface area (Å²) < 4.78 is 11.9. The lowest BCUT2D eigenvalue weighted by molar-refractivity contribution is -0.118. The number of rotatable bonds is 8. The molecule has 6 nitrogen and oxygen atoms in total. The molecular formula is C25H27N3O3S. The van der Waals surface area contributed by atoms with Gasteiger partial charge in [-0.05, 0) is 42.6 Å². The number of amides is 1. The lowest BCUT2D eigenvalue weighted by Crippen LogP contribution is -2.37. The highest BCUT2D eigenvalue weighted by molar-refractivity contribution is 7.22. The van der Waals surface area contributed by atoms with Gasteiger partial charge in [0.15, 0.2) is 5.13 Å². The zero-order valence-corrected chi connectivity index (χ0v) is 19.6. The Morgan fingerprint density at radius 3 is 2.41 bits per heavy atom. The number of carbonyl (C=O) groups is 1. The number of ether oxygens (including phenoxy) is 2. The molecule has 4 aromatic rings. The predicted octanol–water partition coefficient (Wildman–Crippen LogP) is 4.60. The molecule has 32 heavy (non-hydrogen) atoms. The maximum Gasteiger partial charge on any atom is 0.233 e. The summed E-state index contributed by atoms with van der Waals surface area (Å²) in [5.41, 5.74) is 1.72. The van der Waals surface area contributed by atoms with Crippen molar-refractivity contribution in [2.45, 2.75) is 6.42 Å². The Morgan fingerprint density at radius 1 is 0.938 bits per heavy atom. The number of methoxy groups -OCH3 is 2. The zero-order valence-electron chi connectivity index (χ0n) is 18.8. The molecule has 0 atom stereocenters. The van der Waals surface area contributed by atoms with Gasteiger partial charge in [-0.2, -0.15) is 0 Å². The van der Waals surface area contributed by atoms with E-state index in [1.165, 1.54) is 11.3 Å². The highest BCUT2D eigenvalue weighted by Gasteiger charge is 2.23. The summed E-state index contributed by atoms with van der Waals surface area (Å²) in [5.74, 6) is 1.40. The van der Waals surface area contributed by atoms with Gasteiger partial charge in [-0.3, -0.25) is 9.69 Å². The quantitative estimate of drug-likeness (QED) is 0.393. The van der Waals surface area contributed by atoms with E-state index in [0.717, 1.165) is 33.3 Å². The summed E-state index contributed by atoms with van der Waals surface area (Å²) >= 11 is 1.45. The molecule has 0 saturated heterocycles. The number of hydrogen-bond donors (Lipinski definition) is 0. The topological polar surface area (TPSA) is 54.9 Å². The molecule has 1 aromatic heterocycles. The van der Waals surface area contributed by atoms with Gasteiger partial charge in [0.1, 0.15) is 21.7 Å². The molecule has 0 aliphatic carbocycles. The Labute approximate surface area is 192 Å². The molecule has 0 fully saturated rings. The molecule has 0 aliphatic rings. The molecule has 0 radical (unpaired) electrons. The highest BCUT2D eigenvalue weighted by atomic mass is 32.1. The van der Waals surface area contributed by atoms with Gasteiger partial charge in [-0.1, -0.05) is 53.8 Å². The number of aromatic nitrogens is 1. The van der Waals surface area contributed by atoms with E-state index in [9.17, 15) is 4.79 Å². The molecule has 166 valence electrons. The summed E-state index contributed by atoms with van der Waals surface area (Å²) in [6.07, 6.45) is 0.305. The van der Waals surface area contributed by atoms with Gasteiger partial charge < -0.3 is 14.4 Å².